The zero-order valence-corrected chi connectivity index (χ0v) is 13.5. The molecule has 1 heterocycles. The lowest BCUT2D eigenvalue weighted by Crippen LogP contribution is -2.11. The number of fused-ring (bicyclic) bond motifs is 1. The van der Waals surface area contributed by atoms with Crippen molar-refractivity contribution in [1.82, 2.24) is 4.98 Å². The molecule has 3 aromatic rings. The molecule has 1 aromatic heterocycles. The van der Waals surface area contributed by atoms with Crippen molar-refractivity contribution in [3.8, 4) is 0 Å². The number of anilines is 2. The van der Waals surface area contributed by atoms with E-state index in [4.69, 9.17) is 0 Å². The Labute approximate surface area is 137 Å². The molecular weight excluding hydrogens is 310 g/mol. The van der Waals surface area contributed by atoms with E-state index in [1.54, 1.807) is 12.1 Å². The van der Waals surface area contributed by atoms with E-state index < -0.39 is 0 Å². The molecule has 3 rings (SSSR count). The van der Waals surface area contributed by atoms with Crippen molar-refractivity contribution in [2.45, 2.75) is 13.8 Å². The number of nitrogens with one attached hydrogen (secondary N) is 2. The van der Waals surface area contributed by atoms with Gasteiger partial charge in [-0.1, -0.05) is 29.0 Å². The van der Waals surface area contributed by atoms with E-state index >= 15 is 0 Å². The largest absolute Gasteiger partial charge is 0.326 e. The second kappa shape index (κ2) is 6.18. The number of carbonyl (C=O) groups is 2. The third-order valence-corrected chi connectivity index (χ3v) is 4.14. The third-order valence-electron chi connectivity index (χ3n) is 3.21. The van der Waals surface area contributed by atoms with Crippen molar-refractivity contribution in [3.63, 3.8) is 0 Å². The number of rotatable bonds is 3. The zero-order valence-electron chi connectivity index (χ0n) is 12.7. The number of aryl methyl sites for hydroxylation is 1. The summed E-state index contributed by atoms with van der Waals surface area (Å²) in [5, 5.41) is 6.08. The monoisotopic (exact) mass is 325 g/mol. The van der Waals surface area contributed by atoms with Crippen molar-refractivity contribution < 1.29 is 9.59 Å². The Hall–Kier alpha value is -2.73. The van der Waals surface area contributed by atoms with Crippen LogP contribution in [0.5, 0.6) is 0 Å². The van der Waals surface area contributed by atoms with E-state index in [1.165, 1.54) is 18.3 Å². The highest BCUT2D eigenvalue weighted by atomic mass is 32.1. The zero-order chi connectivity index (χ0) is 16.4. The molecular formula is C17H15N3O2S. The van der Waals surface area contributed by atoms with E-state index in [2.05, 4.69) is 15.6 Å². The Morgan fingerprint density at radius 1 is 1.09 bits per heavy atom. The lowest BCUT2D eigenvalue weighted by atomic mass is 10.1. The molecule has 0 aliphatic rings. The van der Waals surface area contributed by atoms with Gasteiger partial charge in [-0.05, 0) is 37.3 Å². The predicted molar refractivity (Wildman–Crippen MR) is 93.1 cm³/mol. The topological polar surface area (TPSA) is 71.1 Å². The standard InChI is InChI=1S/C17H15N3O2S/c1-10-4-3-5-12(8-10)16(22)20-17-19-14-7-6-13(18-11(2)21)9-15(14)23-17/h3-9H,1-2H3,(H,18,21)(H,19,20,22). The summed E-state index contributed by atoms with van der Waals surface area (Å²) in [6.07, 6.45) is 0. The smallest absolute Gasteiger partial charge is 0.257 e. The van der Waals surface area contributed by atoms with E-state index in [1.807, 2.05) is 37.3 Å². The molecule has 0 aliphatic carbocycles. The molecule has 116 valence electrons. The van der Waals surface area contributed by atoms with Gasteiger partial charge >= 0.3 is 0 Å². The summed E-state index contributed by atoms with van der Waals surface area (Å²) in [5.41, 5.74) is 3.12. The molecule has 5 nitrogen and oxygen atoms in total. The minimum absolute atomic E-state index is 0.123. The Kier molecular flexibility index (Phi) is 4.08. The summed E-state index contributed by atoms with van der Waals surface area (Å²) in [6, 6.07) is 12.8. The van der Waals surface area contributed by atoms with Crippen LogP contribution < -0.4 is 10.6 Å². The molecule has 2 aromatic carbocycles. The normalized spacial score (nSPS) is 10.5. The average Bonchev–Trinajstić information content (AvgIpc) is 2.88. The summed E-state index contributed by atoms with van der Waals surface area (Å²) in [6.45, 7) is 3.41. The summed E-state index contributed by atoms with van der Waals surface area (Å²) >= 11 is 1.37. The fraction of sp³-hybridized carbons (Fsp3) is 0.118. The maximum atomic E-state index is 12.3. The lowest BCUT2D eigenvalue weighted by molar-refractivity contribution is -0.114. The molecule has 0 unspecified atom stereocenters. The van der Waals surface area contributed by atoms with Crippen LogP contribution in [0, 0.1) is 6.92 Å². The minimum Gasteiger partial charge on any atom is -0.326 e. The highest BCUT2D eigenvalue weighted by molar-refractivity contribution is 7.22. The second-order valence-electron chi connectivity index (χ2n) is 5.21. The van der Waals surface area contributed by atoms with Crippen molar-refractivity contribution in [2.75, 3.05) is 10.6 Å². The van der Waals surface area contributed by atoms with Gasteiger partial charge in [-0.25, -0.2) is 4.98 Å². The Morgan fingerprint density at radius 2 is 1.91 bits per heavy atom. The van der Waals surface area contributed by atoms with Crippen LogP contribution in [0.25, 0.3) is 10.2 Å². The van der Waals surface area contributed by atoms with Crippen LogP contribution in [0.1, 0.15) is 22.8 Å². The van der Waals surface area contributed by atoms with E-state index in [9.17, 15) is 9.59 Å². The Morgan fingerprint density at radius 3 is 2.65 bits per heavy atom. The molecule has 6 heteroatoms. The summed E-state index contributed by atoms with van der Waals surface area (Å²) < 4.78 is 0.899. The van der Waals surface area contributed by atoms with Crippen molar-refractivity contribution in [1.29, 1.82) is 0 Å². The number of aromatic nitrogens is 1. The first kappa shape index (κ1) is 15.2. The fourth-order valence-electron chi connectivity index (χ4n) is 2.21. The van der Waals surface area contributed by atoms with Gasteiger partial charge in [0, 0.05) is 18.2 Å². The SMILES string of the molecule is CC(=O)Nc1ccc2nc(NC(=O)c3cccc(C)c3)sc2c1. The van der Waals surface area contributed by atoms with Gasteiger partial charge in [0.05, 0.1) is 10.2 Å². The van der Waals surface area contributed by atoms with Crippen LogP contribution in [0.15, 0.2) is 42.5 Å². The molecule has 0 spiro atoms. The van der Waals surface area contributed by atoms with Crippen LogP contribution in [-0.4, -0.2) is 16.8 Å². The number of thiazole rings is 1. The molecule has 0 aliphatic heterocycles. The molecule has 23 heavy (non-hydrogen) atoms. The molecule has 0 saturated carbocycles. The number of carbonyl (C=O) groups excluding carboxylic acids is 2. The number of amides is 2. The fourth-order valence-corrected chi connectivity index (χ4v) is 3.11. The maximum Gasteiger partial charge on any atom is 0.257 e. The van der Waals surface area contributed by atoms with E-state index in [0.717, 1.165) is 15.8 Å². The number of benzene rings is 2. The number of nitrogens with zero attached hydrogens (tertiary/aromatic N) is 1. The lowest BCUT2D eigenvalue weighted by Gasteiger charge is -2.02. The van der Waals surface area contributed by atoms with Crippen LogP contribution in [0.4, 0.5) is 10.8 Å². The Bertz CT molecular complexity index is 902. The minimum atomic E-state index is -0.185. The molecule has 2 N–H and O–H groups in total. The van der Waals surface area contributed by atoms with Crippen LogP contribution in [-0.2, 0) is 4.79 Å². The number of hydrogen-bond acceptors (Lipinski definition) is 4. The van der Waals surface area contributed by atoms with Gasteiger partial charge < -0.3 is 5.32 Å². The molecule has 0 radical (unpaired) electrons. The van der Waals surface area contributed by atoms with Crippen molar-refractivity contribution >= 4 is 44.2 Å². The highest BCUT2D eigenvalue weighted by Gasteiger charge is 2.10. The summed E-state index contributed by atoms with van der Waals surface area (Å²) in [4.78, 5) is 27.8. The van der Waals surface area contributed by atoms with Crippen LogP contribution >= 0.6 is 11.3 Å². The average molecular weight is 325 g/mol. The van der Waals surface area contributed by atoms with Gasteiger partial charge in [0.25, 0.3) is 5.91 Å². The highest BCUT2D eigenvalue weighted by Crippen LogP contribution is 2.28. The van der Waals surface area contributed by atoms with Crippen molar-refractivity contribution in [3.05, 3.63) is 53.6 Å². The second-order valence-corrected chi connectivity index (χ2v) is 6.24. The quantitative estimate of drug-likeness (QED) is 0.769. The van der Waals surface area contributed by atoms with E-state index in [-0.39, 0.29) is 11.8 Å². The van der Waals surface area contributed by atoms with Gasteiger partial charge in [0.1, 0.15) is 0 Å². The maximum absolute atomic E-state index is 12.3. The molecule has 0 fully saturated rings. The summed E-state index contributed by atoms with van der Waals surface area (Å²) in [7, 11) is 0. The molecule has 2 amide bonds. The van der Waals surface area contributed by atoms with Gasteiger partial charge in [-0.15, -0.1) is 0 Å². The third kappa shape index (κ3) is 3.54. The van der Waals surface area contributed by atoms with Gasteiger partial charge in [0.2, 0.25) is 5.91 Å². The molecule has 0 saturated heterocycles. The number of hydrogen-bond donors (Lipinski definition) is 2. The van der Waals surface area contributed by atoms with Crippen LogP contribution in [0.2, 0.25) is 0 Å². The first-order chi connectivity index (χ1) is 11.0. The van der Waals surface area contributed by atoms with Gasteiger partial charge in [0.15, 0.2) is 5.13 Å². The Balaban J connectivity index is 1.83. The predicted octanol–water partition coefficient (Wildman–Crippen LogP) is 3.82. The first-order valence-electron chi connectivity index (χ1n) is 7.07. The molecule has 0 bridgehead atoms. The first-order valence-corrected chi connectivity index (χ1v) is 7.89. The van der Waals surface area contributed by atoms with Gasteiger partial charge in [-0.2, -0.15) is 0 Å². The molecule has 0 atom stereocenters. The van der Waals surface area contributed by atoms with E-state index in [0.29, 0.717) is 16.4 Å². The van der Waals surface area contributed by atoms with Crippen molar-refractivity contribution in [2.24, 2.45) is 0 Å². The van der Waals surface area contributed by atoms with Gasteiger partial charge in [-0.3, -0.25) is 14.9 Å². The summed E-state index contributed by atoms with van der Waals surface area (Å²) in [5.74, 6) is -0.309. The van der Waals surface area contributed by atoms with Crippen LogP contribution in [0.3, 0.4) is 0 Å².